The van der Waals surface area contributed by atoms with Gasteiger partial charge in [0.1, 0.15) is 5.75 Å². The second-order valence-corrected chi connectivity index (χ2v) is 6.16. The second kappa shape index (κ2) is 6.09. The van der Waals surface area contributed by atoms with Crippen molar-refractivity contribution in [3.63, 3.8) is 0 Å². The Morgan fingerprint density at radius 2 is 2.00 bits per heavy atom. The van der Waals surface area contributed by atoms with Crippen molar-refractivity contribution in [2.75, 3.05) is 0 Å². The van der Waals surface area contributed by atoms with Crippen molar-refractivity contribution in [3.05, 3.63) is 51.7 Å². The van der Waals surface area contributed by atoms with Crippen molar-refractivity contribution in [1.82, 2.24) is 5.32 Å². The van der Waals surface area contributed by atoms with Gasteiger partial charge in [-0.3, -0.25) is 4.79 Å². The van der Waals surface area contributed by atoms with Crippen molar-refractivity contribution in [2.45, 2.75) is 26.8 Å². The first-order valence-corrected chi connectivity index (χ1v) is 7.51. The highest BCUT2D eigenvalue weighted by Crippen LogP contribution is 2.27. The second-order valence-electron chi connectivity index (χ2n) is 5.18. The fourth-order valence-corrected chi connectivity index (χ4v) is 3.04. The molecule has 4 heteroatoms. The number of carbonyl (C=O) groups excluding carboxylic acids is 1. The number of aromatic hydroxyl groups is 1. The Morgan fingerprint density at radius 1 is 1.25 bits per heavy atom. The Balaban J connectivity index is 2.23. The fourth-order valence-electron chi connectivity index (χ4n) is 2.10. The Bertz CT molecular complexity index is 591. The minimum absolute atomic E-state index is 0.0394. The SMILES string of the molecule is Cc1cccc(C(=O)NC(c2cccs2)C(C)C)c1O. The van der Waals surface area contributed by atoms with E-state index in [0.717, 1.165) is 4.88 Å². The number of rotatable bonds is 4. The summed E-state index contributed by atoms with van der Waals surface area (Å²) in [6.45, 7) is 5.92. The molecule has 2 N–H and O–H groups in total. The summed E-state index contributed by atoms with van der Waals surface area (Å²) < 4.78 is 0. The van der Waals surface area contributed by atoms with Crippen LogP contribution in [0.15, 0.2) is 35.7 Å². The van der Waals surface area contributed by atoms with E-state index in [2.05, 4.69) is 19.2 Å². The lowest BCUT2D eigenvalue weighted by Crippen LogP contribution is -2.31. The molecule has 106 valence electrons. The normalized spacial score (nSPS) is 12.4. The monoisotopic (exact) mass is 289 g/mol. The maximum absolute atomic E-state index is 12.4. The van der Waals surface area contributed by atoms with Crippen molar-refractivity contribution in [3.8, 4) is 5.75 Å². The van der Waals surface area contributed by atoms with Gasteiger partial charge in [-0.15, -0.1) is 11.3 Å². The van der Waals surface area contributed by atoms with Crippen LogP contribution in [-0.4, -0.2) is 11.0 Å². The van der Waals surface area contributed by atoms with Gasteiger partial charge in [0.15, 0.2) is 0 Å². The van der Waals surface area contributed by atoms with Crippen LogP contribution >= 0.6 is 11.3 Å². The number of thiophene rings is 1. The number of carbonyl (C=O) groups is 1. The summed E-state index contributed by atoms with van der Waals surface area (Å²) >= 11 is 1.63. The number of hydrogen-bond acceptors (Lipinski definition) is 3. The van der Waals surface area contributed by atoms with E-state index >= 15 is 0 Å². The molecular weight excluding hydrogens is 270 g/mol. The zero-order chi connectivity index (χ0) is 14.7. The first-order valence-electron chi connectivity index (χ1n) is 6.63. The third-order valence-corrected chi connectivity index (χ3v) is 4.24. The third-order valence-electron chi connectivity index (χ3n) is 3.29. The van der Waals surface area contributed by atoms with Gasteiger partial charge in [0, 0.05) is 4.88 Å². The molecule has 0 saturated carbocycles. The Morgan fingerprint density at radius 3 is 2.60 bits per heavy atom. The molecule has 3 nitrogen and oxygen atoms in total. The number of amides is 1. The molecule has 0 bridgehead atoms. The first-order chi connectivity index (χ1) is 9.50. The third kappa shape index (κ3) is 3.02. The van der Waals surface area contributed by atoms with E-state index in [9.17, 15) is 9.90 Å². The first kappa shape index (κ1) is 14.6. The molecule has 20 heavy (non-hydrogen) atoms. The zero-order valence-corrected chi connectivity index (χ0v) is 12.7. The van der Waals surface area contributed by atoms with Gasteiger partial charge in [-0.1, -0.05) is 32.0 Å². The number of aryl methyl sites for hydroxylation is 1. The van der Waals surface area contributed by atoms with Crippen LogP contribution in [0.25, 0.3) is 0 Å². The van der Waals surface area contributed by atoms with E-state index in [-0.39, 0.29) is 23.6 Å². The van der Waals surface area contributed by atoms with Crippen LogP contribution in [0.4, 0.5) is 0 Å². The summed E-state index contributed by atoms with van der Waals surface area (Å²) in [5.74, 6) is 0.0986. The Labute approximate surface area is 123 Å². The smallest absolute Gasteiger partial charge is 0.255 e. The van der Waals surface area contributed by atoms with Crippen LogP contribution in [0.3, 0.4) is 0 Å². The van der Waals surface area contributed by atoms with Gasteiger partial charge in [0.2, 0.25) is 0 Å². The van der Waals surface area contributed by atoms with Gasteiger partial charge in [-0.25, -0.2) is 0 Å². The van der Waals surface area contributed by atoms with E-state index in [1.54, 1.807) is 36.5 Å². The summed E-state index contributed by atoms with van der Waals surface area (Å²) in [6.07, 6.45) is 0. The van der Waals surface area contributed by atoms with E-state index in [4.69, 9.17) is 0 Å². The van der Waals surface area contributed by atoms with Crippen molar-refractivity contribution < 1.29 is 9.90 Å². The molecule has 2 aromatic rings. The molecule has 2 rings (SSSR count). The van der Waals surface area contributed by atoms with Gasteiger partial charge in [0.25, 0.3) is 5.91 Å². The summed E-state index contributed by atoms with van der Waals surface area (Å²) in [7, 11) is 0. The number of benzene rings is 1. The summed E-state index contributed by atoms with van der Waals surface area (Å²) in [6, 6.07) is 9.16. The highest BCUT2D eigenvalue weighted by molar-refractivity contribution is 7.10. The van der Waals surface area contributed by atoms with Gasteiger partial charge >= 0.3 is 0 Å². The largest absolute Gasteiger partial charge is 0.507 e. The topological polar surface area (TPSA) is 49.3 Å². The van der Waals surface area contributed by atoms with Gasteiger partial charge in [-0.2, -0.15) is 0 Å². The highest BCUT2D eigenvalue weighted by atomic mass is 32.1. The van der Waals surface area contributed by atoms with E-state index < -0.39 is 0 Å². The number of nitrogens with one attached hydrogen (secondary N) is 1. The average molecular weight is 289 g/mol. The summed E-state index contributed by atoms with van der Waals surface area (Å²) in [5.41, 5.74) is 1.03. The van der Waals surface area contributed by atoms with Crippen LogP contribution in [0, 0.1) is 12.8 Å². The molecule has 0 aliphatic rings. The number of phenolic OH excluding ortho intramolecular Hbond substituents is 1. The minimum atomic E-state index is -0.238. The molecule has 0 aliphatic heterocycles. The predicted octanol–water partition coefficient (Wildman–Crippen LogP) is 3.89. The fraction of sp³-hybridized carbons (Fsp3) is 0.312. The molecule has 0 fully saturated rings. The van der Waals surface area contributed by atoms with Crippen LogP contribution in [0.1, 0.15) is 40.7 Å². The molecule has 1 aromatic heterocycles. The standard InChI is InChI=1S/C16H19NO2S/c1-10(2)14(13-8-5-9-20-13)17-16(19)12-7-4-6-11(3)15(12)18/h4-10,14,18H,1-3H3,(H,17,19). The Kier molecular flexibility index (Phi) is 4.45. The van der Waals surface area contributed by atoms with Crippen LogP contribution in [0.2, 0.25) is 0 Å². The maximum atomic E-state index is 12.4. The van der Waals surface area contributed by atoms with Gasteiger partial charge in [0.05, 0.1) is 11.6 Å². The predicted molar refractivity (Wildman–Crippen MR) is 82.2 cm³/mol. The molecule has 1 unspecified atom stereocenters. The van der Waals surface area contributed by atoms with E-state index in [0.29, 0.717) is 11.1 Å². The molecule has 0 aliphatic carbocycles. The summed E-state index contributed by atoms with van der Waals surface area (Å²) in [5, 5.41) is 15.0. The number of para-hydroxylation sites is 1. The molecule has 1 amide bonds. The molecule has 0 saturated heterocycles. The molecule has 1 atom stereocenters. The molecular formula is C16H19NO2S. The lowest BCUT2D eigenvalue weighted by Gasteiger charge is -2.21. The number of hydrogen-bond donors (Lipinski definition) is 2. The lowest BCUT2D eigenvalue weighted by atomic mass is 10.0. The molecule has 0 radical (unpaired) electrons. The van der Waals surface area contributed by atoms with Crippen molar-refractivity contribution in [2.24, 2.45) is 5.92 Å². The average Bonchev–Trinajstić information content (AvgIpc) is 2.92. The van der Waals surface area contributed by atoms with Crippen LogP contribution in [-0.2, 0) is 0 Å². The zero-order valence-electron chi connectivity index (χ0n) is 11.9. The van der Waals surface area contributed by atoms with Crippen molar-refractivity contribution >= 4 is 17.2 Å². The van der Waals surface area contributed by atoms with Gasteiger partial charge in [-0.05, 0) is 35.9 Å². The maximum Gasteiger partial charge on any atom is 0.255 e. The van der Waals surface area contributed by atoms with E-state index in [1.807, 2.05) is 17.5 Å². The quantitative estimate of drug-likeness (QED) is 0.897. The van der Waals surface area contributed by atoms with Crippen LogP contribution in [0.5, 0.6) is 5.75 Å². The number of phenols is 1. The lowest BCUT2D eigenvalue weighted by molar-refractivity contribution is 0.0923. The van der Waals surface area contributed by atoms with Crippen LogP contribution < -0.4 is 5.32 Å². The Hall–Kier alpha value is -1.81. The minimum Gasteiger partial charge on any atom is -0.507 e. The van der Waals surface area contributed by atoms with Gasteiger partial charge < -0.3 is 10.4 Å². The highest BCUT2D eigenvalue weighted by Gasteiger charge is 2.21. The molecule has 1 heterocycles. The van der Waals surface area contributed by atoms with E-state index in [1.165, 1.54) is 0 Å². The van der Waals surface area contributed by atoms with Crippen molar-refractivity contribution in [1.29, 1.82) is 0 Å². The molecule has 1 aromatic carbocycles. The molecule has 0 spiro atoms. The summed E-state index contributed by atoms with van der Waals surface area (Å²) in [4.78, 5) is 13.5.